The average molecular weight is 320 g/mol. The molecule has 3 aromatic carbocycles. The molecule has 1 aliphatic heterocycles. The molecule has 0 saturated heterocycles. The van der Waals surface area contributed by atoms with Gasteiger partial charge in [-0.25, -0.2) is 0 Å². The van der Waals surface area contributed by atoms with Crippen molar-refractivity contribution in [2.45, 2.75) is 18.9 Å². The van der Waals surface area contributed by atoms with E-state index in [1.165, 1.54) is 16.5 Å². The van der Waals surface area contributed by atoms with Crippen molar-refractivity contribution in [1.29, 1.82) is 0 Å². The predicted octanol–water partition coefficient (Wildman–Crippen LogP) is 4.92. The summed E-state index contributed by atoms with van der Waals surface area (Å²) in [6, 6.07) is 18.7. The quantitative estimate of drug-likeness (QED) is 0.685. The van der Waals surface area contributed by atoms with E-state index in [2.05, 4.69) is 42.5 Å². The number of methoxy groups -OCH3 is 2. The van der Waals surface area contributed by atoms with Gasteiger partial charge in [0.05, 0.1) is 14.2 Å². The third-order valence-electron chi connectivity index (χ3n) is 4.69. The molecular formula is C21H20O3. The van der Waals surface area contributed by atoms with Crippen molar-refractivity contribution in [3.05, 3.63) is 65.7 Å². The first-order valence-corrected chi connectivity index (χ1v) is 8.19. The third kappa shape index (κ3) is 2.46. The fraction of sp³-hybridized carbons (Fsp3) is 0.238. The molecule has 0 N–H and O–H groups in total. The van der Waals surface area contributed by atoms with Gasteiger partial charge < -0.3 is 14.2 Å². The van der Waals surface area contributed by atoms with Crippen LogP contribution in [0.4, 0.5) is 0 Å². The van der Waals surface area contributed by atoms with Crippen LogP contribution >= 0.6 is 0 Å². The van der Waals surface area contributed by atoms with E-state index in [4.69, 9.17) is 14.2 Å². The predicted molar refractivity (Wildman–Crippen MR) is 95.2 cm³/mol. The van der Waals surface area contributed by atoms with Crippen LogP contribution in [0.2, 0.25) is 0 Å². The molecule has 24 heavy (non-hydrogen) atoms. The number of benzene rings is 3. The second-order valence-electron chi connectivity index (χ2n) is 6.03. The van der Waals surface area contributed by atoms with Crippen molar-refractivity contribution in [1.82, 2.24) is 0 Å². The van der Waals surface area contributed by atoms with Crippen LogP contribution < -0.4 is 14.2 Å². The summed E-state index contributed by atoms with van der Waals surface area (Å²) in [4.78, 5) is 0. The fourth-order valence-electron chi connectivity index (χ4n) is 3.45. The number of rotatable bonds is 3. The SMILES string of the molecule is COc1cc2ccc3c(c2cc1OC)CCC(c1ccccc1)O3. The first-order chi connectivity index (χ1) is 11.8. The molecule has 0 bridgehead atoms. The Labute approximate surface area is 141 Å². The number of hydrogen-bond acceptors (Lipinski definition) is 3. The molecule has 1 unspecified atom stereocenters. The van der Waals surface area contributed by atoms with Gasteiger partial charge in [0.1, 0.15) is 11.9 Å². The summed E-state index contributed by atoms with van der Waals surface area (Å²) in [5.41, 5.74) is 2.48. The molecule has 122 valence electrons. The van der Waals surface area contributed by atoms with Gasteiger partial charge in [0, 0.05) is 5.56 Å². The Balaban J connectivity index is 1.77. The van der Waals surface area contributed by atoms with E-state index in [0.717, 1.165) is 35.5 Å². The lowest BCUT2D eigenvalue weighted by Crippen LogP contribution is -2.15. The van der Waals surface area contributed by atoms with Crippen LogP contribution in [0.25, 0.3) is 10.8 Å². The van der Waals surface area contributed by atoms with Gasteiger partial charge in [-0.1, -0.05) is 36.4 Å². The summed E-state index contributed by atoms with van der Waals surface area (Å²) in [5, 5.41) is 2.32. The minimum atomic E-state index is 0.122. The number of aryl methyl sites for hydroxylation is 1. The fourth-order valence-corrected chi connectivity index (χ4v) is 3.45. The van der Waals surface area contributed by atoms with Gasteiger partial charge >= 0.3 is 0 Å². The van der Waals surface area contributed by atoms with Gasteiger partial charge in [-0.3, -0.25) is 0 Å². The Kier molecular flexibility index (Phi) is 3.77. The van der Waals surface area contributed by atoms with E-state index in [1.54, 1.807) is 14.2 Å². The van der Waals surface area contributed by atoms with Crippen molar-refractivity contribution in [3.8, 4) is 17.2 Å². The molecule has 4 rings (SSSR count). The molecule has 0 radical (unpaired) electrons. The Bertz CT molecular complexity index is 871. The van der Waals surface area contributed by atoms with Crippen molar-refractivity contribution in [2.75, 3.05) is 14.2 Å². The highest BCUT2D eigenvalue weighted by Gasteiger charge is 2.23. The lowest BCUT2D eigenvalue weighted by molar-refractivity contribution is 0.177. The van der Waals surface area contributed by atoms with Gasteiger partial charge in [-0.05, 0) is 47.4 Å². The van der Waals surface area contributed by atoms with E-state index < -0.39 is 0 Å². The van der Waals surface area contributed by atoms with Crippen LogP contribution in [-0.4, -0.2) is 14.2 Å². The van der Waals surface area contributed by atoms with Crippen molar-refractivity contribution in [3.63, 3.8) is 0 Å². The molecule has 1 atom stereocenters. The highest BCUT2D eigenvalue weighted by Crippen LogP contribution is 2.41. The Hall–Kier alpha value is -2.68. The summed E-state index contributed by atoms with van der Waals surface area (Å²) >= 11 is 0. The summed E-state index contributed by atoms with van der Waals surface area (Å²) in [7, 11) is 3.33. The molecule has 0 aliphatic carbocycles. The van der Waals surface area contributed by atoms with E-state index in [9.17, 15) is 0 Å². The molecule has 3 nitrogen and oxygen atoms in total. The Morgan fingerprint density at radius 1 is 0.917 bits per heavy atom. The van der Waals surface area contributed by atoms with Gasteiger partial charge in [0.25, 0.3) is 0 Å². The van der Waals surface area contributed by atoms with Crippen LogP contribution in [0.1, 0.15) is 23.7 Å². The normalized spacial score (nSPS) is 16.3. The van der Waals surface area contributed by atoms with Crippen LogP contribution in [0, 0.1) is 0 Å². The Morgan fingerprint density at radius 3 is 2.42 bits per heavy atom. The van der Waals surface area contributed by atoms with E-state index in [-0.39, 0.29) is 6.10 Å². The summed E-state index contributed by atoms with van der Waals surface area (Å²) in [6.45, 7) is 0. The number of ether oxygens (including phenoxy) is 3. The zero-order valence-corrected chi connectivity index (χ0v) is 13.9. The van der Waals surface area contributed by atoms with E-state index in [1.807, 2.05) is 12.1 Å². The second-order valence-corrected chi connectivity index (χ2v) is 6.03. The summed E-state index contributed by atoms with van der Waals surface area (Å²) < 4.78 is 17.2. The first kappa shape index (κ1) is 14.9. The van der Waals surface area contributed by atoms with E-state index in [0.29, 0.717) is 0 Å². The van der Waals surface area contributed by atoms with Crippen molar-refractivity contribution in [2.24, 2.45) is 0 Å². The maximum atomic E-state index is 6.28. The lowest BCUT2D eigenvalue weighted by Gasteiger charge is -2.27. The zero-order valence-electron chi connectivity index (χ0n) is 13.9. The molecule has 0 amide bonds. The summed E-state index contributed by atoms with van der Waals surface area (Å²) in [5.74, 6) is 2.47. The average Bonchev–Trinajstić information content (AvgIpc) is 2.66. The summed E-state index contributed by atoms with van der Waals surface area (Å²) in [6.07, 6.45) is 2.09. The smallest absolute Gasteiger partial charge is 0.161 e. The lowest BCUT2D eigenvalue weighted by atomic mass is 9.93. The molecule has 0 fully saturated rings. The molecular weight excluding hydrogens is 300 g/mol. The second kappa shape index (κ2) is 6.08. The van der Waals surface area contributed by atoms with Crippen LogP contribution in [0.5, 0.6) is 17.2 Å². The topological polar surface area (TPSA) is 27.7 Å². The molecule has 1 aliphatic rings. The standard InChI is InChI=1S/C21H20O3/c1-22-20-12-15-8-10-19-16(17(15)13-21(20)23-2)9-11-18(24-19)14-6-4-3-5-7-14/h3-8,10,12-13,18H,9,11H2,1-2H3. The van der Waals surface area contributed by atoms with Crippen molar-refractivity contribution < 1.29 is 14.2 Å². The minimum Gasteiger partial charge on any atom is -0.493 e. The molecule has 0 saturated carbocycles. The first-order valence-electron chi connectivity index (χ1n) is 8.19. The molecule has 1 heterocycles. The highest BCUT2D eigenvalue weighted by atomic mass is 16.5. The van der Waals surface area contributed by atoms with Gasteiger partial charge in [0.2, 0.25) is 0 Å². The number of fused-ring (bicyclic) bond motifs is 3. The maximum Gasteiger partial charge on any atom is 0.161 e. The number of hydrogen-bond donors (Lipinski definition) is 0. The minimum absolute atomic E-state index is 0.122. The monoisotopic (exact) mass is 320 g/mol. The van der Waals surface area contributed by atoms with Crippen LogP contribution in [0.15, 0.2) is 54.6 Å². The molecule has 0 aromatic heterocycles. The molecule has 3 heteroatoms. The maximum absolute atomic E-state index is 6.28. The largest absolute Gasteiger partial charge is 0.493 e. The van der Waals surface area contributed by atoms with Crippen molar-refractivity contribution >= 4 is 10.8 Å². The van der Waals surface area contributed by atoms with Crippen LogP contribution in [0.3, 0.4) is 0 Å². The van der Waals surface area contributed by atoms with E-state index >= 15 is 0 Å². The van der Waals surface area contributed by atoms with Gasteiger partial charge in [0.15, 0.2) is 11.5 Å². The third-order valence-corrected chi connectivity index (χ3v) is 4.69. The van der Waals surface area contributed by atoms with Gasteiger partial charge in [-0.15, -0.1) is 0 Å². The Morgan fingerprint density at radius 2 is 1.67 bits per heavy atom. The molecule has 3 aromatic rings. The van der Waals surface area contributed by atoms with Gasteiger partial charge in [-0.2, -0.15) is 0 Å². The zero-order chi connectivity index (χ0) is 16.5. The highest BCUT2D eigenvalue weighted by molar-refractivity contribution is 5.91. The van der Waals surface area contributed by atoms with Crippen LogP contribution in [-0.2, 0) is 6.42 Å². The molecule has 0 spiro atoms.